The summed E-state index contributed by atoms with van der Waals surface area (Å²) in [5, 5.41) is 14.1. The highest BCUT2D eigenvalue weighted by atomic mass is 32.1. The van der Waals surface area contributed by atoms with Crippen LogP contribution in [0.1, 0.15) is 0 Å². The molecule has 0 aliphatic rings. The molecule has 0 fully saturated rings. The fourth-order valence-corrected chi connectivity index (χ4v) is 1.69. The van der Waals surface area contributed by atoms with Crippen LogP contribution in [0.3, 0.4) is 0 Å². The number of pyridine rings is 1. The molecule has 0 aromatic carbocycles. The van der Waals surface area contributed by atoms with Gasteiger partial charge in [-0.25, -0.2) is 19.9 Å². The molecule has 6 heterocycles. The summed E-state index contributed by atoms with van der Waals surface area (Å²) in [6, 6.07) is 9.33. The van der Waals surface area contributed by atoms with Crippen molar-refractivity contribution in [2.75, 3.05) is 0 Å². The second-order valence-corrected chi connectivity index (χ2v) is 5.54. The van der Waals surface area contributed by atoms with Crippen LogP contribution in [-0.2, 0) is 0 Å². The van der Waals surface area contributed by atoms with E-state index in [-0.39, 0.29) is 0 Å². The number of imidazole rings is 1. The Balaban J connectivity index is 0.000000192. The highest BCUT2D eigenvalue weighted by Gasteiger charge is 1.60. The van der Waals surface area contributed by atoms with Gasteiger partial charge in [-0.1, -0.05) is 6.07 Å². The quantitative estimate of drug-likeness (QED) is 0.319. The van der Waals surface area contributed by atoms with Crippen molar-refractivity contribution in [2.45, 2.75) is 0 Å². The van der Waals surface area contributed by atoms with Crippen molar-refractivity contribution in [3.63, 3.8) is 0 Å². The van der Waals surface area contributed by atoms with Gasteiger partial charge < -0.3 is 4.98 Å². The summed E-state index contributed by atoms with van der Waals surface area (Å²) in [5.74, 6) is 0. The Kier molecular flexibility index (Phi) is 18.1. The summed E-state index contributed by atoms with van der Waals surface area (Å²) in [6.45, 7) is 0. The zero-order valence-corrected chi connectivity index (χ0v) is 17.8. The lowest BCUT2D eigenvalue weighted by atomic mass is 10.5. The second kappa shape index (κ2) is 22.7. The van der Waals surface area contributed by atoms with Crippen molar-refractivity contribution in [2.24, 2.45) is 0 Å². The van der Waals surface area contributed by atoms with Crippen LogP contribution >= 0.6 is 11.3 Å². The predicted octanol–water partition coefficient (Wildman–Crippen LogP) is 3.33. The number of rotatable bonds is 0. The lowest BCUT2D eigenvalue weighted by molar-refractivity contribution is 1.09. The zero-order chi connectivity index (χ0) is 22.6. The Morgan fingerprint density at radius 1 is 0.500 bits per heavy atom. The molecule has 164 valence electrons. The molecule has 6 aromatic heterocycles. The molecule has 0 saturated heterocycles. The molecule has 12 heteroatoms. The first-order valence-electron chi connectivity index (χ1n) is 9.02. The topological polar surface area (TPSA) is 150 Å². The molecule has 0 aliphatic carbocycles. The minimum absolute atomic E-state index is 1.44. The van der Waals surface area contributed by atoms with Gasteiger partial charge in [0, 0.05) is 61.2 Å². The minimum Gasteiger partial charge on any atom is -0.351 e. The summed E-state index contributed by atoms with van der Waals surface area (Å²) in [6.07, 6.45) is 21.6. The van der Waals surface area contributed by atoms with E-state index < -0.39 is 0 Å². The molecule has 0 amide bonds. The fourth-order valence-electron chi connectivity index (χ4n) is 1.34. The molecular formula is C20H23N11S. The summed E-state index contributed by atoms with van der Waals surface area (Å²) < 4.78 is 0. The van der Waals surface area contributed by atoms with Crippen LogP contribution in [0.4, 0.5) is 0 Å². The van der Waals surface area contributed by atoms with E-state index in [2.05, 4.69) is 55.3 Å². The summed E-state index contributed by atoms with van der Waals surface area (Å²) in [7, 11) is 0. The molecule has 0 saturated carbocycles. The highest BCUT2D eigenvalue weighted by Crippen LogP contribution is 1.86. The Labute approximate surface area is 189 Å². The zero-order valence-electron chi connectivity index (χ0n) is 17.0. The van der Waals surface area contributed by atoms with Crippen molar-refractivity contribution in [3.05, 3.63) is 122 Å². The third-order valence-corrected chi connectivity index (χ3v) is 3.06. The first-order valence-corrected chi connectivity index (χ1v) is 9.96. The van der Waals surface area contributed by atoms with E-state index in [1.54, 1.807) is 85.0 Å². The molecule has 0 atom stereocenters. The monoisotopic (exact) mass is 449 g/mol. The number of nitrogens with zero attached hydrogens (tertiary/aromatic N) is 8. The third-order valence-electron chi connectivity index (χ3n) is 2.53. The van der Waals surface area contributed by atoms with Crippen LogP contribution < -0.4 is 0 Å². The standard InChI is InChI=1S/C5H5N.C4H4N2.2C3H4N2.C3H3NS.C2H3N3/c1-2-4-6-5-3-1;1-2-5-4-6-3-1;1-2-5-3-4-1;1-2-4-5-3-1;1-2-5-3-4-1;1-3-2-5-4-1/h1-5H;1-4H;2*1-3H,(H,4,5);1-3H;1-2H,(H,3,4,5). The molecule has 32 heavy (non-hydrogen) atoms. The van der Waals surface area contributed by atoms with Crippen molar-refractivity contribution in [3.8, 4) is 0 Å². The van der Waals surface area contributed by atoms with Crippen LogP contribution in [0, 0.1) is 0 Å². The largest absolute Gasteiger partial charge is 0.351 e. The van der Waals surface area contributed by atoms with Gasteiger partial charge in [0.05, 0.1) is 11.8 Å². The van der Waals surface area contributed by atoms with E-state index in [0.29, 0.717) is 0 Å². The van der Waals surface area contributed by atoms with E-state index in [1.807, 2.05) is 29.6 Å². The third kappa shape index (κ3) is 20.2. The molecule has 0 unspecified atom stereocenters. The van der Waals surface area contributed by atoms with Gasteiger partial charge >= 0.3 is 0 Å². The Morgan fingerprint density at radius 3 is 1.53 bits per heavy atom. The minimum atomic E-state index is 1.44. The number of thiazole rings is 1. The number of hydrogen-bond donors (Lipinski definition) is 3. The Bertz CT molecular complexity index is 702. The molecule has 6 rings (SSSR count). The van der Waals surface area contributed by atoms with Crippen molar-refractivity contribution in [1.29, 1.82) is 0 Å². The highest BCUT2D eigenvalue weighted by molar-refractivity contribution is 7.07. The smallest absolute Gasteiger partial charge is 0.137 e. The summed E-state index contributed by atoms with van der Waals surface area (Å²) >= 11 is 1.60. The molecule has 0 aliphatic heterocycles. The Hall–Kier alpha value is -4.58. The van der Waals surface area contributed by atoms with Crippen LogP contribution in [0.15, 0.2) is 122 Å². The van der Waals surface area contributed by atoms with Crippen molar-refractivity contribution in [1.82, 2.24) is 55.3 Å². The van der Waals surface area contributed by atoms with Gasteiger partial charge in [0.25, 0.3) is 0 Å². The molecular weight excluding hydrogens is 426 g/mol. The van der Waals surface area contributed by atoms with Gasteiger partial charge in [0.2, 0.25) is 0 Å². The number of hydrogen-bond acceptors (Lipinski definition) is 9. The predicted molar refractivity (Wildman–Crippen MR) is 122 cm³/mol. The summed E-state index contributed by atoms with van der Waals surface area (Å²) in [4.78, 5) is 24.8. The van der Waals surface area contributed by atoms with E-state index in [1.165, 1.54) is 19.0 Å². The van der Waals surface area contributed by atoms with E-state index in [0.717, 1.165) is 0 Å². The van der Waals surface area contributed by atoms with Crippen molar-refractivity contribution < 1.29 is 0 Å². The van der Waals surface area contributed by atoms with Gasteiger partial charge in [0.15, 0.2) is 0 Å². The van der Waals surface area contributed by atoms with E-state index in [4.69, 9.17) is 0 Å². The van der Waals surface area contributed by atoms with Crippen LogP contribution in [0.5, 0.6) is 0 Å². The number of nitrogens with one attached hydrogen (secondary N) is 3. The number of aromatic nitrogens is 11. The summed E-state index contributed by atoms with van der Waals surface area (Å²) in [5.41, 5.74) is 1.79. The van der Waals surface area contributed by atoms with Crippen LogP contribution in [0.25, 0.3) is 0 Å². The maximum Gasteiger partial charge on any atom is 0.137 e. The van der Waals surface area contributed by atoms with E-state index >= 15 is 0 Å². The lowest BCUT2D eigenvalue weighted by Gasteiger charge is -1.70. The Morgan fingerprint density at radius 2 is 1.34 bits per heavy atom. The van der Waals surface area contributed by atoms with Gasteiger partial charge in [-0.05, 0) is 24.3 Å². The van der Waals surface area contributed by atoms with Gasteiger partial charge in [-0.15, -0.1) is 11.3 Å². The molecule has 0 bridgehead atoms. The second-order valence-electron chi connectivity index (χ2n) is 4.78. The van der Waals surface area contributed by atoms with E-state index in [9.17, 15) is 0 Å². The maximum atomic E-state index is 3.78. The number of H-pyrrole nitrogens is 3. The van der Waals surface area contributed by atoms with Gasteiger partial charge in [0.1, 0.15) is 19.0 Å². The average molecular weight is 450 g/mol. The molecule has 11 nitrogen and oxygen atoms in total. The van der Waals surface area contributed by atoms with Crippen LogP contribution in [0.2, 0.25) is 0 Å². The lowest BCUT2D eigenvalue weighted by Crippen LogP contribution is -1.66. The molecule has 3 N–H and O–H groups in total. The molecule has 6 aromatic rings. The molecule has 0 spiro atoms. The van der Waals surface area contributed by atoms with Gasteiger partial charge in [-0.3, -0.25) is 20.2 Å². The first-order chi connectivity index (χ1) is 16.0. The van der Waals surface area contributed by atoms with Gasteiger partial charge in [-0.2, -0.15) is 10.2 Å². The first kappa shape index (κ1) is 25.5. The van der Waals surface area contributed by atoms with Crippen LogP contribution in [-0.4, -0.2) is 55.3 Å². The van der Waals surface area contributed by atoms with Crippen molar-refractivity contribution >= 4 is 11.3 Å². The maximum absolute atomic E-state index is 3.78. The average Bonchev–Trinajstić information content (AvgIpc) is 3.73. The molecule has 0 radical (unpaired) electrons. The normalized spacial score (nSPS) is 8.00. The fraction of sp³-hybridized carbons (Fsp3) is 0. The SMILES string of the molecule is c1c[nH]cn1.c1ccncc1.c1cn[nH]c1.c1cncnc1.c1cscn1.c1nc[nH]n1. The number of aromatic amines is 3.